The van der Waals surface area contributed by atoms with E-state index in [4.69, 9.17) is 25.1 Å². The minimum absolute atomic E-state index is 0.0703. The van der Waals surface area contributed by atoms with E-state index in [1.165, 1.54) is 0 Å². The van der Waals surface area contributed by atoms with Crippen molar-refractivity contribution in [2.45, 2.75) is 51.2 Å². The molecule has 35 heavy (non-hydrogen) atoms. The largest absolute Gasteiger partial charge is 0.494 e. The van der Waals surface area contributed by atoms with Crippen LogP contribution in [-0.4, -0.2) is 48.3 Å². The number of aliphatic hydroxyl groups excluding tert-OH is 1. The van der Waals surface area contributed by atoms with E-state index in [1.54, 1.807) is 24.3 Å². The molecule has 0 saturated heterocycles. The number of aliphatic imine (C=N–C) groups is 1. The minimum atomic E-state index is -1.27. The Labute approximate surface area is 205 Å². The average molecular weight is 481 g/mol. The molecule has 0 unspecified atom stereocenters. The van der Waals surface area contributed by atoms with Gasteiger partial charge in [0.2, 0.25) is 5.90 Å². The van der Waals surface area contributed by atoms with E-state index < -0.39 is 11.6 Å². The predicted octanol–water partition coefficient (Wildman–Crippen LogP) is 3.96. The predicted molar refractivity (Wildman–Crippen MR) is 133 cm³/mol. The summed E-state index contributed by atoms with van der Waals surface area (Å²) in [7, 11) is 0. The summed E-state index contributed by atoms with van der Waals surface area (Å²) in [6.07, 6.45) is 2.08. The molecule has 1 aliphatic rings. The number of hydrogen-bond donors (Lipinski definition) is 3. The molecule has 0 bridgehead atoms. The second-order valence-corrected chi connectivity index (χ2v) is 8.28. The third-order valence-corrected chi connectivity index (χ3v) is 5.79. The van der Waals surface area contributed by atoms with Crippen molar-refractivity contribution < 1.29 is 19.4 Å². The van der Waals surface area contributed by atoms with Crippen molar-refractivity contribution in [3.05, 3.63) is 70.1 Å². The molecule has 10 heteroatoms. The topological polar surface area (TPSA) is 141 Å². The second-order valence-electron chi connectivity index (χ2n) is 8.28. The normalized spacial score (nSPS) is 18.8. The van der Waals surface area contributed by atoms with Crippen molar-refractivity contribution in [3.8, 4) is 5.75 Å². The number of aliphatic hydroxyl groups is 1. The third kappa shape index (κ3) is 6.51. The van der Waals surface area contributed by atoms with Crippen LogP contribution >= 0.6 is 0 Å². The Morgan fingerprint density at radius 3 is 2.74 bits per heavy atom. The van der Waals surface area contributed by atoms with Crippen LogP contribution in [0.2, 0.25) is 0 Å². The van der Waals surface area contributed by atoms with Crippen LogP contribution < -0.4 is 15.6 Å². The molecule has 3 N–H and O–H groups in total. The van der Waals surface area contributed by atoms with Crippen LogP contribution in [-0.2, 0) is 16.0 Å². The van der Waals surface area contributed by atoms with Crippen molar-refractivity contribution >= 4 is 17.5 Å². The lowest BCUT2D eigenvalue weighted by Crippen LogP contribution is -2.56. The summed E-state index contributed by atoms with van der Waals surface area (Å²) in [5.41, 5.74) is 15.3. The Kier molecular flexibility index (Phi) is 9.48. The van der Waals surface area contributed by atoms with Crippen LogP contribution in [0, 0.1) is 0 Å². The van der Waals surface area contributed by atoms with E-state index in [0.29, 0.717) is 48.0 Å². The van der Waals surface area contributed by atoms with Gasteiger partial charge >= 0.3 is 0 Å². The summed E-state index contributed by atoms with van der Waals surface area (Å²) in [5.74, 6) is 0.696. The number of amides is 1. The highest BCUT2D eigenvalue weighted by Crippen LogP contribution is 2.35. The number of carbonyl (C=O) groups excluding carboxylic acids is 1. The highest BCUT2D eigenvalue weighted by atomic mass is 16.5. The second kappa shape index (κ2) is 12.8. The van der Waals surface area contributed by atoms with Gasteiger partial charge in [0.15, 0.2) is 5.54 Å². The fourth-order valence-corrected chi connectivity index (χ4v) is 3.76. The van der Waals surface area contributed by atoms with Gasteiger partial charge in [-0.25, -0.2) is 10.4 Å². The van der Waals surface area contributed by atoms with Crippen LogP contribution in [0.1, 0.15) is 44.2 Å². The summed E-state index contributed by atoms with van der Waals surface area (Å²) in [6, 6.07) is 14.4. The number of nitrogens with zero attached hydrogens (tertiary/aromatic N) is 4. The van der Waals surface area contributed by atoms with Gasteiger partial charge in [-0.15, -0.1) is 0 Å². The standard InChI is InChI=1S/C25H32N6O4/c1-3-4-14-27-30-24(33)25(17-20-8-5-6-9-22(20)29-31-26)18(2)35-23(28-25)19-10-12-21(13-11-19)34-16-7-15-32/h5-6,8-13,18,27,32H,3-4,7,14-17H2,1-2H3,(H,30,33)/t18-,25-/m0/s1. The number of nitrogens with one attached hydrogen (secondary N) is 2. The average Bonchev–Trinajstić information content (AvgIpc) is 3.20. The smallest absolute Gasteiger partial charge is 0.266 e. The van der Waals surface area contributed by atoms with Gasteiger partial charge in [-0.1, -0.05) is 42.7 Å². The van der Waals surface area contributed by atoms with Gasteiger partial charge in [0.25, 0.3) is 5.91 Å². The molecule has 0 spiro atoms. The number of unbranched alkanes of at least 4 members (excludes halogenated alkanes) is 1. The molecule has 1 amide bonds. The number of hydrogen-bond acceptors (Lipinski definition) is 7. The number of azide groups is 1. The van der Waals surface area contributed by atoms with Gasteiger partial charge in [0, 0.05) is 42.2 Å². The highest BCUT2D eigenvalue weighted by Gasteiger charge is 2.50. The fraction of sp³-hybridized carbons (Fsp3) is 0.440. The van der Waals surface area contributed by atoms with Gasteiger partial charge in [-0.3, -0.25) is 10.2 Å². The first-order valence-corrected chi connectivity index (χ1v) is 11.8. The van der Waals surface area contributed by atoms with Crippen molar-refractivity contribution in [1.82, 2.24) is 10.9 Å². The van der Waals surface area contributed by atoms with Gasteiger partial charge in [-0.05, 0) is 48.7 Å². The van der Waals surface area contributed by atoms with E-state index in [1.807, 2.05) is 31.2 Å². The molecular weight excluding hydrogens is 448 g/mol. The fourth-order valence-electron chi connectivity index (χ4n) is 3.76. The molecular formula is C25H32N6O4. The summed E-state index contributed by atoms with van der Waals surface area (Å²) in [5, 5.41) is 12.7. The van der Waals surface area contributed by atoms with E-state index in [0.717, 1.165) is 12.8 Å². The molecule has 3 rings (SSSR count). The molecule has 0 aromatic heterocycles. The van der Waals surface area contributed by atoms with Gasteiger partial charge in [0.1, 0.15) is 11.9 Å². The van der Waals surface area contributed by atoms with Crippen LogP contribution in [0.3, 0.4) is 0 Å². The number of ether oxygens (including phenoxy) is 2. The van der Waals surface area contributed by atoms with E-state index in [2.05, 4.69) is 27.8 Å². The maximum atomic E-state index is 13.5. The first-order chi connectivity index (χ1) is 17.0. The van der Waals surface area contributed by atoms with Gasteiger partial charge in [-0.2, -0.15) is 0 Å². The zero-order valence-electron chi connectivity index (χ0n) is 20.1. The summed E-state index contributed by atoms with van der Waals surface area (Å²) in [6.45, 7) is 5.01. The van der Waals surface area contributed by atoms with Crippen LogP contribution in [0.4, 0.5) is 5.69 Å². The lowest BCUT2D eigenvalue weighted by atomic mass is 9.85. The Hall–Kier alpha value is -3.59. The summed E-state index contributed by atoms with van der Waals surface area (Å²) < 4.78 is 11.7. The Bertz CT molecular complexity index is 1070. The van der Waals surface area contributed by atoms with E-state index in [9.17, 15) is 4.79 Å². The van der Waals surface area contributed by atoms with Crippen molar-refractivity contribution in [3.63, 3.8) is 0 Å². The molecule has 0 radical (unpaired) electrons. The Morgan fingerprint density at radius 1 is 1.26 bits per heavy atom. The van der Waals surface area contributed by atoms with Crippen molar-refractivity contribution in [1.29, 1.82) is 0 Å². The molecule has 1 heterocycles. The molecule has 2 aromatic carbocycles. The molecule has 186 valence electrons. The maximum absolute atomic E-state index is 13.5. The lowest BCUT2D eigenvalue weighted by molar-refractivity contribution is -0.129. The number of rotatable bonds is 13. The zero-order chi connectivity index (χ0) is 25.1. The molecule has 2 atom stereocenters. The zero-order valence-corrected chi connectivity index (χ0v) is 20.1. The van der Waals surface area contributed by atoms with E-state index >= 15 is 0 Å². The SMILES string of the molecule is CCCCNNC(=O)[C@@]1(Cc2ccccc2N=[N+]=[N-])N=C(c2ccc(OCCCO)cc2)O[C@H]1C. The summed E-state index contributed by atoms with van der Waals surface area (Å²) >= 11 is 0. The molecule has 10 nitrogen and oxygen atoms in total. The lowest BCUT2D eigenvalue weighted by Gasteiger charge is -2.28. The third-order valence-electron chi connectivity index (χ3n) is 5.79. The van der Waals surface area contributed by atoms with Crippen molar-refractivity contribution in [2.24, 2.45) is 10.1 Å². The first kappa shape index (κ1) is 26.0. The molecule has 0 saturated carbocycles. The Balaban J connectivity index is 1.91. The highest BCUT2D eigenvalue weighted by molar-refractivity contribution is 6.00. The van der Waals surface area contributed by atoms with E-state index in [-0.39, 0.29) is 18.9 Å². The molecule has 2 aromatic rings. The minimum Gasteiger partial charge on any atom is -0.494 e. The molecule has 0 fully saturated rings. The van der Waals surface area contributed by atoms with Crippen LogP contribution in [0.5, 0.6) is 5.75 Å². The van der Waals surface area contributed by atoms with Crippen LogP contribution in [0.25, 0.3) is 10.4 Å². The number of hydrazine groups is 1. The molecule has 1 aliphatic heterocycles. The maximum Gasteiger partial charge on any atom is 0.266 e. The van der Waals surface area contributed by atoms with Gasteiger partial charge in [0.05, 0.1) is 6.61 Å². The Morgan fingerprint density at radius 2 is 2.03 bits per heavy atom. The first-order valence-electron chi connectivity index (χ1n) is 11.8. The number of benzene rings is 2. The van der Waals surface area contributed by atoms with Crippen LogP contribution in [0.15, 0.2) is 58.6 Å². The quantitative estimate of drug-likeness (QED) is 0.131. The van der Waals surface area contributed by atoms with Gasteiger partial charge < -0.3 is 14.6 Å². The molecule has 0 aliphatic carbocycles. The number of carbonyl (C=O) groups is 1. The monoisotopic (exact) mass is 480 g/mol. The van der Waals surface area contributed by atoms with Crippen molar-refractivity contribution in [2.75, 3.05) is 19.8 Å². The summed E-state index contributed by atoms with van der Waals surface area (Å²) in [4.78, 5) is 21.2.